The molecule has 0 saturated heterocycles. The number of hydrogen-bond acceptors (Lipinski definition) is 4. The molecule has 21 heavy (non-hydrogen) atoms. The monoisotopic (exact) mass is 279 g/mol. The summed E-state index contributed by atoms with van der Waals surface area (Å²) in [4.78, 5) is 11.9. The fraction of sp³-hybridized carbons (Fsp3) is 0.0588. The van der Waals surface area contributed by atoms with Gasteiger partial charge >= 0.3 is 5.97 Å². The number of esters is 1. The van der Waals surface area contributed by atoms with Crippen LogP contribution in [0.5, 0.6) is 5.75 Å². The van der Waals surface area contributed by atoms with Gasteiger partial charge in [-0.15, -0.1) is 0 Å². The highest BCUT2D eigenvalue weighted by molar-refractivity contribution is 5.97. The molecule has 0 saturated carbocycles. The van der Waals surface area contributed by atoms with Crippen LogP contribution in [0.3, 0.4) is 0 Å². The minimum atomic E-state index is -0.690. The van der Waals surface area contributed by atoms with Gasteiger partial charge in [0.25, 0.3) is 0 Å². The van der Waals surface area contributed by atoms with Gasteiger partial charge in [-0.05, 0) is 29.3 Å². The van der Waals surface area contributed by atoms with Crippen LogP contribution in [0.25, 0.3) is 6.08 Å². The van der Waals surface area contributed by atoms with E-state index in [0.29, 0.717) is 5.56 Å². The van der Waals surface area contributed by atoms with Gasteiger partial charge in [-0.1, -0.05) is 42.5 Å². The first-order valence-corrected chi connectivity index (χ1v) is 6.31. The van der Waals surface area contributed by atoms with Crippen molar-refractivity contribution in [2.24, 2.45) is 0 Å². The first-order valence-electron chi connectivity index (χ1n) is 6.31. The third-order valence-electron chi connectivity index (χ3n) is 2.73. The summed E-state index contributed by atoms with van der Waals surface area (Å²) >= 11 is 0. The predicted octanol–water partition coefficient (Wildman–Crippen LogP) is 3.04. The Hall–Kier alpha value is -3.06. The molecule has 0 radical (unpaired) electrons. The van der Waals surface area contributed by atoms with Gasteiger partial charge in [-0.25, -0.2) is 4.79 Å². The molecule has 0 aliphatic rings. The highest BCUT2D eigenvalue weighted by Gasteiger charge is 2.11. The van der Waals surface area contributed by atoms with E-state index < -0.39 is 5.97 Å². The van der Waals surface area contributed by atoms with E-state index in [1.165, 1.54) is 18.2 Å². The van der Waals surface area contributed by atoms with E-state index in [4.69, 9.17) is 10.00 Å². The second kappa shape index (κ2) is 6.92. The first kappa shape index (κ1) is 14.4. The molecule has 4 heteroatoms. The Morgan fingerprint density at radius 1 is 1.19 bits per heavy atom. The maximum atomic E-state index is 11.9. The van der Waals surface area contributed by atoms with Crippen molar-refractivity contribution in [1.29, 1.82) is 5.26 Å². The average Bonchev–Trinajstić information content (AvgIpc) is 2.51. The molecule has 2 rings (SSSR count). The molecule has 1 N–H and O–H groups in total. The van der Waals surface area contributed by atoms with Crippen LogP contribution in [0, 0.1) is 11.3 Å². The van der Waals surface area contributed by atoms with Gasteiger partial charge in [-0.3, -0.25) is 0 Å². The SMILES string of the molecule is N#C/C(=C\c1cccc(O)c1)C(=O)OCc1ccccc1. The molecule has 0 unspecified atom stereocenters. The smallest absolute Gasteiger partial charge is 0.349 e. The van der Waals surface area contributed by atoms with Gasteiger partial charge in [0.15, 0.2) is 0 Å². The van der Waals surface area contributed by atoms with Crippen molar-refractivity contribution in [1.82, 2.24) is 0 Å². The van der Waals surface area contributed by atoms with E-state index in [1.807, 2.05) is 36.4 Å². The lowest BCUT2D eigenvalue weighted by Crippen LogP contribution is -2.06. The second-order valence-corrected chi connectivity index (χ2v) is 4.33. The van der Waals surface area contributed by atoms with Crippen molar-refractivity contribution >= 4 is 12.0 Å². The fourth-order valence-corrected chi connectivity index (χ4v) is 1.72. The summed E-state index contributed by atoms with van der Waals surface area (Å²) in [5, 5.41) is 18.4. The number of nitriles is 1. The summed E-state index contributed by atoms with van der Waals surface area (Å²) < 4.78 is 5.09. The zero-order valence-corrected chi connectivity index (χ0v) is 11.2. The quantitative estimate of drug-likeness (QED) is 0.530. The lowest BCUT2D eigenvalue weighted by Gasteiger charge is -2.04. The largest absolute Gasteiger partial charge is 0.508 e. The molecule has 2 aromatic rings. The van der Waals surface area contributed by atoms with Crippen LogP contribution < -0.4 is 0 Å². The van der Waals surface area contributed by atoms with Crippen LogP contribution in [-0.4, -0.2) is 11.1 Å². The van der Waals surface area contributed by atoms with Gasteiger partial charge in [0.1, 0.15) is 24.0 Å². The summed E-state index contributed by atoms with van der Waals surface area (Å²) in [6.07, 6.45) is 1.38. The molecule has 0 spiro atoms. The van der Waals surface area contributed by atoms with E-state index in [2.05, 4.69) is 0 Å². The number of phenolic OH excluding ortho intramolecular Hbond substituents is 1. The molecule has 0 aliphatic carbocycles. The molecule has 104 valence electrons. The van der Waals surface area contributed by atoms with Crippen molar-refractivity contribution in [2.75, 3.05) is 0 Å². The molecule has 0 fully saturated rings. The van der Waals surface area contributed by atoms with Gasteiger partial charge in [0, 0.05) is 0 Å². The Balaban J connectivity index is 2.07. The maximum absolute atomic E-state index is 11.9. The van der Waals surface area contributed by atoms with Gasteiger partial charge < -0.3 is 9.84 Å². The summed E-state index contributed by atoms with van der Waals surface area (Å²) in [5.41, 5.74) is 1.29. The fourth-order valence-electron chi connectivity index (χ4n) is 1.72. The number of ether oxygens (including phenoxy) is 1. The van der Waals surface area contributed by atoms with Gasteiger partial charge in [0.05, 0.1) is 0 Å². The Morgan fingerprint density at radius 2 is 1.95 bits per heavy atom. The number of rotatable bonds is 4. The number of carbonyl (C=O) groups is 1. The highest BCUT2D eigenvalue weighted by atomic mass is 16.5. The highest BCUT2D eigenvalue weighted by Crippen LogP contribution is 2.15. The molecule has 2 aromatic carbocycles. The molecule has 0 aliphatic heterocycles. The number of aromatic hydroxyl groups is 1. The van der Waals surface area contributed by atoms with Crippen LogP contribution >= 0.6 is 0 Å². The topological polar surface area (TPSA) is 70.3 Å². The molecule has 0 bridgehead atoms. The third kappa shape index (κ3) is 4.22. The van der Waals surface area contributed by atoms with Crippen LogP contribution in [0.2, 0.25) is 0 Å². The molecule has 4 nitrogen and oxygen atoms in total. The van der Waals surface area contributed by atoms with Gasteiger partial charge in [-0.2, -0.15) is 5.26 Å². The number of hydrogen-bond donors (Lipinski definition) is 1. The zero-order valence-electron chi connectivity index (χ0n) is 11.2. The minimum absolute atomic E-state index is 0.0682. The number of nitrogens with zero attached hydrogens (tertiary/aromatic N) is 1. The van der Waals surface area contributed by atoms with Crippen molar-refractivity contribution < 1.29 is 14.6 Å². The molecular weight excluding hydrogens is 266 g/mol. The lowest BCUT2D eigenvalue weighted by atomic mass is 10.1. The van der Waals surface area contributed by atoms with Crippen LogP contribution in [-0.2, 0) is 16.1 Å². The normalized spacial score (nSPS) is 10.7. The lowest BCUT2D eigenvalue weighted by molar-refractivity contribution is -0.139. The Morgan fingerprint density at radius 3 is 2.62 bits per heavy atom. The third-order valence-corrected chi connectivity index (χ3v) is 2.73. The standard InChI is InChI=1S/C17H13NO3/c18-11-15(9-14-7-4-8-16(19)10-14)17(20)21-12-13-5-2-1-3-6-13/h1-10,19H,12H2/b15-9+. The molecular formula is C17H13NO3. The van der Waals surface area contributed by atoms with E-state index in [9.17, 15) is 9.90 Å². The van der Waals surface area contributed by atoms with E-state index in [0.717, 1.165) is 5.56 Å². The summed E-state index contributed by atoms with van der Waals surface area (Å²) in [6.45, 7) is 0.110. The number of carbonyl (C=O) groups excluding carboxylic acids is 1. The van der Waals surface area contributed by atoms with E-state index in [1.54, 1.807) is 12.1 Å². The van der Waals surface area contributed by atoms with Crippen LogP contribution in [0.15, 0.2) is 60.2 Å². The van der Waals surface area contributed by atoms with E-state index >= 15 is 0 Å². The van der Waals surface area contributed by atoms with Gasteiger partial charge in [0.2, 0.25) is 0 Å². The van der Waals surface area contributed by atoms with Crippen molar-refractivity contribution in [3.8, 4) is 11.8 Å². The van der Waals surface area contributed by atoms with Crippen molar-refractivity contribution in [3.05, 3.63) is 71.3 Å². The first-order chi connectivity index (χ1) is 10.2. The van der Waals surface area contributed by atoms with Crippen LogP contribution in [0.4, 0.5) is 0 Å². The molecule has 0 heterocycles. The Kier molecular flexibility index (Phi) is 4.73. The Bertz CT molecular complexity index is 699. The van der Waals surface area contributed by atoms with E-state index in [-0.39, 0.29) is 17.9 Å². The number of phenols is 1. The Labute approximate surface area is 122 Å². The molecule has 0 atom stereocenters. The molecule has 0 aromatic heterocycles. The second-order valence-electron chi connectivity index (χ2n) is 4.33. The van der Waals surface area contributed by atoms with Crippen molar-refractivity contribution in [2.45, 2.75) is 6.61 Å². The van der Waals surface area contributed by atoms with Crippen LogP contribution in [0.1, 0.15) is 11.1 Å². The summed E-state index contributed by atoms with van der Waals surface area (Å²) in [6, 6.07) is 17.3. The summed E-state index contributed by atoms with van der Waals surface area (Å²) in [5.74, 6) is -0.622. The minimum Gasteiger partial charge on any atom is -0.508 e. The zero-order chi connectivity index (χ0) is 15.1. The predicted molar refractivity (Wildman–Crippen MR) is 77.9 cm³/mol. The molecule has 0 amide bonds. The maximum Gasteiger partial charge on any atom is 0.349 e. The average molecular weight is 279 g/mol. The number of benzene rings is 2. The van der Waals surface area contributed by atoms with Crippen molar-refractivity contribution in [3.63, 3.8) is 0 Å². The summed E-state index contributed by atoms with van der Waals surface area (Å²) in [7, 11) is 0.